The predicted molar refractivity (Wildman–Crippen MR) is 161 cm³/mol. The summed E-state index contributed by atoms with van der Waals surface area (Å²) in [5, 5.41) is 0. The average Bonchev–Trinajstić information content (AvgIpc) is 3.04. The average molecular weight is 633 g/mol. The van der Waals surface area contributed by atoms with E-state index in [0.29, 0.717) is 84.6 Å². The zero-order valence-electron chi connectivity index (χ0n) is 26.3. The Hall–Kier alpha value is -3.53. The SMILES string of the molecule is COC(=O)c1cccc(CN2CCOCCOCCN(Cc3cccc(C(=O)OC)n3)CCO[C@H](COC(C)=O)COCC2)n1. The van der Waals surface area contributed by atoms with E-state index in [2.05, 4.69) is 19.8 Å². The van der Waals surface area contributed by atoms with Gasteiger partial charge in [-0.1, -0.05) is 12.1 Å². The normalized spacial score (nSPS) is 18.7. The van der Waals surface area contributed by atoms with Crippen LogP contribution in [0.3, 0.4) is 0 Å². The van der Waals surface area contributed by atoms with Crippen LogP contribution in [0.25, 0.3) is 0 Å². The van der Waals surface area contributed by atoms with Gasteiger partial charge >= 0.3 is 17.9 Å². The summed E-state index contributed by atoms with van der Waals surface area (Å²) in [5.74, 6) is -1.39. The minimum absolute atomic E-state index is 0.0585. The number of aromatic nitrogens is 2. The molecule has 0 spiro atoms. The van der Waals surface area contributed by atoms with E-state index in [4.69, 9.17) is 33.2 Å². The third-order valence-electron chi connectivity index (χ3n) is 6.74. The number of rotatable bonds is 8. The van der Waals surface area contributed by atoms with E-state index in [9.17, 15) is 14.4 Å². The molecule has 248 valence electrons. The Morgan fingerprint density at radius 3 is 1.71 bits per heavy atom. The molecule has 0 amide bonds. The molecule has 0 saturated carbocycles. The van der Waals surface area contributed by atoms with Crippen molar-refractivity contribution in [2.45, 2.75) is 26.1 Å². The molecule has 45 heavy (non-hydrogen) atoms. The van der Waals surface area contributed by atoms with Crippen molar-refractivity contribution in [2.75, 3.05) is 93.3 Å². The number of hydrogen-bond donors (Lipinski definition) is 0. The van der Waals surface area contributed by atoms with Gasteiger partial charge in [-0.25, -0.2) is 19.6 Å². The van der Waals surface area contributed by atoms with Gasteiger partial charge in [0.2, 0.25) is 0 Å². The highest BCUT2D eigenvalue weighted by atomic mass is 16.6. The van der Waals surface area contributed by atoms with Crippen molar-refractivity contribution in [3.8, 4) is 0 Å². The van der Waals surface area contributed by atoms with Gasteiger partial charge in [-0.15, -0.1) is 0 Å². The Bertz CT molecular complexity index is 1200. The maximum atomic E-state index is 11.9. The highest BCUT2D eigenvalue weighted by molar-refractivity contribution is 5.87. The second kappa shape index (κ2) is 20.5. The van der Waals surface area contributed by atoms with Gasteiger partial charge in [0.25, 0.3) is 0 Å². The van der Waals surface area contributed by atoms with Crippen molar-refractivity contribution in [1.82, 2.24) is 19.8 Å². The summed E-state index contributed by atoms with van der Waals surface area (Å²) in [4.78, 5) is 48.5. The van der Waals surface area contributed by atoms with Crippen LogP contribution in [0.1, 0.15) is 39.3 Å². The fraction of sp³-hybridized carbons (Fsp3) is 0.581. The van der Waals surface area contributed by atoms with E-state index in [1.165, 1.54) is 21.1 Å². The van der Waals surface area contributed by atoms with Gasteiger partial charge < -0.3 is 33.2 Å². The van der Waals surface area contributed by atoms with Crippen LogP contribution in [0.5, 0.6) is 0 Å². The molecule has 1 aliphatic heterocycles. The number of carbonyl (C=O) groups is 3. The van der Waals surface area contributed by atoms with Crippen molar-refractivity contribution in [3.05, 3.63) is 59.2 Å². The molecule has 0 N–H and O–H groups in total. The highest BCUT2D eigenvalue weighted by Crippen LogP contribution is 2.08. The summed E-state index contributed by atoms with van der Waals surface area (Å²) in [6.07, 6.45) is -0.471. The summed E-state index contributed by atoms with van der Waals surface area (Å²) in [6, 6.07) is 10.5. The molecule has 1 fully saturated rings. The third kappa shape index (κ3) is 14.0. The summed E-state index contributed by atoms with van der Waals surface area (Å²) in [7, 11) is 2.64. The number of esters is 3. The van der Waals surface area contributed by atoms with E-state index in [-0.39, 0.29) is 24.6 Å². The molecular formula is C31H44N4O10. The summed E-state index contributed by atoms with van der Waals surface area (Å²) < 4.78 is 38.5. The number of nitrogens with zero attached hydrogens (tertiary/aromatic N) is 4. The van der Waals surface area contributed by atoms with Crippen LogP contribution in [0.2, 0.25) is 0 Å². The topological polar surface area (TPSA) is 148 Å². The molecule has 1 aliphatic rings. The standard InChI is InChI=1S/C31H44N4O10/c1-24(36)45-23-27-22-43-16-12-34(20-25-6-4-8-28(32-25)30(37)39-2)10-14-41-18-19-42-15-11-35(13-17-44-27)21-26-7-5-9-29(33-26)31(38)40-3/h4-9,27H,10-23H2,1-3H3/t27-/m0/s1. The van der Waals surface area contributed by atoms with E-state index in [1.807, 2.05) is 12.1 Å². The van der Waals surface area contributed by atoms with Crippen LogP contribution in [-0.2, 0) is 51.0 Å². The first-order chi connectivity index (χ1) is 21.9. The van der Waals surface area contributed by atoms with Gasteiger partial charge in [-0.05, 0) is 24.3 Å². The first kappa shape index (κ1) is 35.9. The number of methoxy groups -OCH3 is 2. The Kier molecular flexibility index (Phi) is 16.4. The molecule has 0 aromatic carbocycles. The second-order valence-electron chi connectivity index (χ2n) is 10.2. The quantitative estimate of drug-likeness (QED) is 0.305. The lowest BCUT2D eigenvalue weighted by Gasteiger charge is -2.25. The van der Waals surface area contributed by atoms with Crippen molar-refractivity contribution in [3.63, 3.8) is 0 Å². The van der Waals surface area contributed by atoms with E-state index in [1.54, 1.807) is 24.3 Å². The van der Waals surface area contributed by atoms with Gasteiger partial charge in [0.05, 0.1) is 71.9 Å². The van der Waals surface area contributed by atoms with Gasteiger partial charge in [0.15, 0.2) is 0 Å². The van der Waals surface area contributed by atoms with E-state index in [0.717, 1.165) is 5.69 Å². The second-order valence-corrected chi connectivity index (χ2v) is 10.2. The fourth-order valence-corrected chi connectivity index (χ4v) is 4.39. The van der Waals surface area contributed by atoms with Gasteiger partial charge in [0, 0.05) is 46.2 Å². The molecular weight excluding hydrogens is 588 g/mol. The first-order valence-electron chi connectivity index (χ1n) is 14.9. The summed E-state index contributed by atoms with van der Waals surface area (Å²) >= 11 is 0. The zero-order chi connectivity index (χ0) is 32.3. The molecule has 1 atom stereocenters. The Morgan fingerprint density at radius 2 is 1.22 bits per heavy atom. The lowest BCUT2D eigenvalue weighted by Crippen LogP contribution is -2.36. The van der Waals surface area contributed by atoms with Gasteiger partial charge in [-0.2, -0.15) is 0 Å². The maximum Gasteiger partial charge on any atom is 0.356 e. The lowest BCUT2D eigenvalue weighted by molar-refractivity contribution is -0.147. The minimum atomic E-state index is -0.496. The number of hydrogen-bond acceptors (Lipinski definition) is 14. The van der Waals surface area contributed by atoms with Crippen LogP contribution in [0, 0.1) is 0 Å². The largest absolute Gasteiger partial charge is 0.464 e. The maximum absolute atomic E-state index is 11.9. The summed E-state index contributed by atoms with van der Waals surface area (Å²) in [5.41, 5.74) is 1.91. The molecule has 0 radical (unpaired) electrons. The van der Waals surface area contributed by atoms with Crippen LogP contribution in [0.15, 0.2) is 36.4 Å². The Balaban J connectivity index is 1.62. The molecule has 2 aromatic heterocycles. The van der Waals surface area contributed by atoms with E-state index < -0.39 is 24.0 Å². The molecule has 1 saturated heterocycles. The van der Waals surface area contributed by atoms with Crippen molar-refractivity contribution in [2.24, 2.45) is 0 Å². The number of pyridine rings is 2. The van der Waals surface area contributed by atoms with Gasteiger partial charge in [-0.3, -0.25) is 14.6 Å². The molecule has 3 heterocycles. The van der Waals surface area contributed by atoms with Crippen molar-refractivity contribution >= 4 is 17.9 Å². The molecule has 0 aliphatic carbocycles. The van der Waals surface area contributed by atoms with Crippen LogP contribution in [0.4, 0.5) is 0 Å². The Labute approximate surface area is 263 Å². The van der Waals surface area contributed by atoms with Crippen LogP contribution in [-0.4, -0.2) is 137 Å². The van der Waals surface area contributed by atoms with Crippen molar-refractivity contribution in [1.29, 1.82) is 0 Å². The van der Waals surface area contributed by atoms with Crippen molar-refractivity contribution < 1.29 is 47.5 Å². The monoisotopic (exact) mass is 632 g/mol. The molecule has 0 bridgehead atoms. The van der Waals surface area contributed by atoms with Gasteiger partial charge in [0.1, 0.15) is 24.1 Å². The third-order valence-corrected chi connectivity index (χ3v) is 6.74. The van der Waals surface area contributed by atoms with Crippen LogP contribution >= 0.6 is 0 Å². The number of ether oxygens (including phenoxy) is 7. The predicted octanol–water partition coefficient (Wildman–Crippen LogP) is 1.37. The van der Waals surface area contributed by atoms with E-state index >= 15 is 0 Å². The number of carbonyl (C=O) groups excluding carboxylic acids is 3. The molecule has 0 unspecified atom stereocenters. The van der Waals surface area contributed by atoms with Crippen LogP contribution < -0.4 is 0 Å². The Morgan fingerprint density at radius 1 is 0.733 bits per heavy atom. The first-order valence-corrected chi connectivity index (χ1v) is 14.9. The zero-order valence-corrected chi connectivity index (χ0v) is 26.3. The molecule has 3 rings (SSSR count). The highest BCUT2D eigenvalue weighted by Gasteiger charge is 2.17. The smallest absolute Gasteiger partial charge is 0.356 e. The minimum Gasteiger partial charge on any atom is -0.464 e. The lowest BCUT2D eigenvalue weighted by atomic mass is 10.2. The molecule has 14 heteroatoms. The fourth-order valence-electron chi connectivity index (χ4n) is 4.39. The molecule has 2 aromatic rings. The molecule has 14 nitrogen and oxygen atoms in total. The summed E-state index contributed by atoms with van der Waals surface area (Å²) in [6.45, 7) is 7.36.